The third kappa shape index (κ3) is 8.23. The Balaban J connectivity index is 1.18. The number of carbonyl (C=O) groups is 2. The molecule has 3 N–H and O–H groups in total. The molecule has 12 heteroatoms. The van der Waals surface area contributed by atoms with Crippen LogP contribution in [0.25, 0.3) is 10.9 Å². The fourth-order valence-electron chi connectivity index (χ4n) is 9.07. The normalized spacial score (nSPS) is 21.2. The summed E-state index contributed by atoms with van der Waals surface area (Å²) in [5.74, 6) is -1.23. The molecule has 1 saturated heterocycles. The van der Waals surface area contributed by atoms with Gasteiger partial charge in [0.2, 0.25) is 14.3 Å². The van der Waals surface area contributed by atoms with Gasteiger partial charge in [0.05, 0.1) is 36.4 Å². The van der Waals surface area contributed by atoms with Crippen molar-refractivity contribution in [1.82, 2.24) is 20.0 Å². The Hall–Kier alpha value is -5.17. The van der Waals surface area contributed by atoms with E-state index in [2.05, 4.69) is 53.5 Å². The Labute approximate surface area is 341 Å². The number of nitrogens with zero attached hydrogens (tertiary/aromatic N) is 4. The van der Waals surface area contributed by atoms with Crippen LogP contribution in [-0.4, -0.2) is 64.6 Å². The van der Waals surface area contributed by atoms with Gasteiger partial charge in [-0.05, 0) is 88.5 Å². The van der Waals surface area contributed by atoms with Gasteiger partial charge in [0.25, 0.3) is 5.91 Å². The summed E-state index contributed by atoms with van der Waals surface area (Å²) in [4.78, 5) is 33.6. The maximum atomic E-state index is 16.7. The fourth-order valence-corrected chi connectivity index (χ4v) is 11.6. The van der Waals surface area contributed by atoms with Gasteiger partial charge in [-0.25, -0.2) is 0 Å². The summed E-state index contributed by atoms with van der Waals surface area (Å²) in [6.45, 7) is 12.2. The van der Waals surface area contributed by atoms with Crippen molar-refractivity contribution in [3.05, 3.63) is 131 Å². The van der Waals surface area contributed by atoms with E-state index in [0.717, 1.165) is 34.9 Å². The van der Waals surface area contributed by atoms with Crippen LogP contribution >= 0.6 is 0 Å². The number of aliphatic hydroxyl groups excluding tert-OH is 1. The van der Waals surface area contributed by atoms with Crippen LogP contribution in [0.3, 0.4) is 0 Å². The molecule has 2 aromatic heterocycles. The van der Waals surface area contributed by atoms with Gasteiger partial charge < -0.3 is 29.2 Å². The van der Waals surface area contributed by atoms with Gasteiger partial charge in [-0.3, -0.25) is 14.3 Å². The molecule has 2 aliphatic rings. The second-order valence-corrected chi connectivity index (χ2v) is 20.5. The number of carbonyl (C=O) groups excluding carboxylic acids is 2. The first-order chi connectivity index (χ1) is 27.8. The highest BCUT2D eigenvalue weighted by atomic mass is 28.4. The topological polar surface area (TPSA) is 125 Å². The van der Waals surface area contributed by atoms with E-state index in [0.29, 0.717) is 42.1 Å². The summed E-state index contributed by atoms with van der Waals surface area (Å²) in [6, 6.07) is 23.1. The van der Waals surface area contributed by atoms with Gasteiger partial charge in [0, 0.05) is 59.1 Å². The second-order valence-electron chi connectivity index (χ2n) is 16.7. The summed E-state index contributed by atoms with van der Waals surface area (Å²) in [6.07, 6.45) is 9.76. The number of allylic oxidation sites excluding steroid dienone is 3. The van der Waals surface area contributed by atoms with Gasteiger partial charge in [-0.15, -0.1) is 5.10 Å². The third-order valence-corrected chi connectivity index (χ3v) is 14.4. The molecule has 2 amide bonds. The first kappa shape index (κ1) is 41.0. The lowest BCUT2D eigenvalue weighted by atomic mass is 9.82. The van der Waals surface area contributed by atoms with E-state index >= 15 is 8.90 Å². The predicted molar refractivity (Wildman–Crippen MR) is 230 cm³/mol. The molecule has 0 radical (unpaired) electrons. The molecule has 4 heterocycles. The van der Waals surface area contributed by atoms with E-state index in [9.17, 15) is 9.90 Å². The number of ether oxygens (including phenoxy) is 1. The second kappa shape index (κ2) is 17.0. The zero-order chi connectivity index (χ0) is 41.2. The molecule has 3 aromatic carbocycles. The fraction of sp³-hybridized carbons (Fsp3) is 0.391. The first-order valence-corrected chi connectivity index (χ1v) is 23.3. The Bertz CT molecular complexity index is 2330. The number of H-pyrrole nitrogens is 1. The minimum atomic E-state index is -3.44. The van der Waals surface area contributed by atoms with Gasteiger partial charge in [0.1, 0.15) is 0 Å². The number of fused-ring (bicyclic) bond motifs is 3. The number of anilines is 2. The quantitative estimate of drug-likeness (QED) is 0.0552. The molecule has 58 heavy (non-hydrogen) atoms. The van der Waals surface area contributed by atoms with Crippen LogP contribution in [0, 0.1) is 5.92 Å². The number of rotatable bonds is 15. The van der Waals surface area contributed by atoms with Crippen molar-refractivity contribution in [2.45, 2.75) is 96.2 Å². The van der Waals surface area contributed by atoms with Crippen LogP contribution in [-0.2, 0) is 32.9 Å². The summed E-state index contributed by atoms with van der Waals surface area (Å²) in [7, 11) is -3.44. The number of hydrogen-bond acceptors (Lipinski definition) is 6. The van der Waals surface area contributed by atoms with E-state index in [1.165, 1.54) is 11.1 Å². The van der Waals surface area contributed by atoms with Crippen LogP contribution in [0.15, 0.2) is 108 Å². The van der Waals surface area contributed by atoms with E-state index in [-0.39, 0.29) is 30.8 Å². The standard InChI is InChI=1S/C46H55FN6O4Si/c1-30(2)13-12-14-31(3)21-24-53-41-20-19-35(49-43(55)25-34-27-48-39-18-11-10-17-36(34)39)26-38(41)46(45(53)56)32(4)44(58(5,6)47)42(57-46)22-23-52-28-40(50-51-52)37(29-54)33-15-8-7-9-16-33/h7-11,13,15-21,26-28,32,37,42,44,48,54H,12,14,22-25,29H2,1-6H3,(H,49,55)/b31-21+/t32-,37?,42+,44-,46+/m1/s1. The maximum Gasteiger partial charge on any atom is 0.264 e. The molecule has 10 nitrogen and oxygen atoms in total. The molecule has 0 bridgehead atoms. The molecule has 1 unspecified atom stereocenters. The van der Waals surface area contributed by atoms with Crippen molar-refractivity contribution < 1.29 is 23.5 Å². The number of aliphatic hydroxyl groups is 1. The van der Waals surface area contributed by atoms with Gasteiger partial charge in [-0.1, -0.05) is 84.0 Å². The van der Waals surface area contributed by atoms with Crippen LogP contribution in [0.2, 0.25) is 18.6 Å². The Morgan fingerprint density at radius 3 is 2.59 bits per heavy atom. The average molecular weight is 803 g/mol. The number of aromatic amines is 1. The van der Waals surface area contributed by atoms with Gasteiger partial charge >= 0.3 is 0 Å². The summed E-state index contributed by atoms with van der Waals surface area (Å²) < 4.78 is 25.4. The highest BCUT2D eigenvalue weighted by Gasteiger charge is 2.66. The van der Waals surface area contributed by atoms with E-state index in [4.69, 9.17) is 4.74 Å². The number of hydrogen-bond donors (Lipinski definition) is 3. The van der Waals surface area contributed by atoms with Crippen molar-refractivity contribution in [2.75, 3.05) is 23.4 Å². The Morgan fingerprint density at radius 1 is 1.09 bits per heavy atom. The number of halogens is 1. The summed E-state index contributed by atoms with van der Waals surface area (Å²) >= 11 is 0. The molecule has 304 valence electrons. The molecule has 5 aromatic rings. The molecular formula is C46H55FN6O4Si. The average Bonchev–Trinajstić information content (AvgIpc) is 3.95. The van der Waals surface area contributed by atoms with E-state index < -0.39 is 31.6 Å². The van der Waals surface area contributed by atoms with Crippen molar-refractivity contribution >= 4 is 42.5 Å². The van der Waals surface area contributed by atoms with Gasteiger partial charge in [0.15, 0.2) is 5.60 Å². The SMILES string of the molecule is CC(C)=CCC/C(C)=C/CN1C(=O)[C@@]2(O[C@@H](CCn3cc(C(CO)c4ccccc4)nn3)[C@H]([Si](C)(C)F)[C@H]2C)c2cc(NC(=O)Cc3c[nH]c4ccccc34)ccc21. The van der Waals surface area contributed by atoms with Crippen LogP contribution in [0.4, 0.5) is 15.5 Å². The summed E-state index contributed by atoms with van der Waals surface area (Å²) in [5, 5.41) is 23.1. The van der Waals surface area contributed by atoms with Crippen molar-refractivity contribution in [3.63, 3.8) is 0 Å². The van der Waals surface area contributed by atoms with Gasteiger partial charge in [-0.2, -0.15) is 0 Å². The van der Waals surface area contributed by atoms with E-state index in [1.54, 1.807) is 22.7 Å². The highest BCUT2D eigenvalue weighted by Crippen LogP contribution is 2.60. The molecule has 2 aliphatic heterocycles. The third-order valence-electron chi connectivity index (χ3n) is 11.9. The summed E-state index contributed by atoms with van der Waals surface area (Å²) in [5.41, 5.74) is 5.80. The molecule has 1 spiro atoms. The number of amides is 2. The predicted octanol–water partition coefficient (Wildman–Crippen LogP) is 8.97. The minimum absolute atomic E-state index is 0.119. The largest absolute Gasteiger partial charge is 0.395 e. The molecule has 7 rings (SSSR count). The Kier molecular flexibility index (Phi) is 12.0. The van der Waals surface area contributed by atoms with Crippen molar-refractivity contribution in [1.29, 1.82) is 0 Å². The zero-order valence-electron chi connectivity index (χ0n) is 34.3. The highest BCUT2D eigenvalue weighted by molar-refractivity contribution is 6.72. The minimum Gasteiger partial charge on any atom is -0.395 e. The zero-order valence-corrected chi connectivity index (χ0v) is 35.3. The molecule has 1 fully saturated rings. The number of para-hydroxylation sites is 1. The molecule has 5 atom stereocenters. The Morgan fingerprint density at radius 2 is 1.84 bits per heavy atom. The number of benzene rings is 3. The molecule has 0 saturated carbocycles. The number of nitrogens with one attached hydrogen (secondary N) is 2. The lowest BCUT2D eigenvalue weighted by molar-refractivity contribution is -0.145. The number of aryl methyl sites for hydroxylation is 1. The van der Waals surface area contributed by atoms with Crippen molar-refractivity contribution in [3.8, 4) is 0 Å². The monoisotopic (exact) mass is 802 g/mol. The van der Waals surface area contributed by atoms with Crippen LogP contribution in [0.5, 0.6) is 0 Å². The van der Waals surface area contributed by atoms with Crippen LogP contribution < -0.4 is 10.2 Å². The maximum absolute atomic E-state index is 16.7. The number of aromatic nitrogens is 4. The van der Waals surface area contributed by atoms with Crippen LogP contribution in [0.1, 0.15) is 75.3 Å². The van der Waals surface area contributed by atoms with Crippen molar-refractivity contribution in [2.24, 2.45) is 5.92 Å². The van der Waals surface area contributed by atoms with E-state index in [1.807, 2.05) is 92.1 Å². The lowest BCUT2D eigenvalue weighted by Gasteiger charge is -2.31. The smallest absolute Gasteiger partial charge is 0.264 e. The molecule has 0 aliphatic carbocycles. The lowest BCUT2D eigenvalue weighted by Crippen LogP contribution is -2.45. The first-order valence-electron chi connectivity index (χ1n) is 20.3. The molecular weight excluding hydrogens is 748 g/mol.